The summed E-state index contributed by atoms with van der Waals surface area (Å²) in [6.45, 7) is 4.69. The highest BCUT2D eigenvalue weighted by Gasteiger charge is 2.17. The highest BCUT2D eigenvalue weighted by molar-refractivity contribution is 7.89. The summed E-state index contributed by atoms with van der Waals surface area (Å²) >= 11 is 0. The molecule has 0 amide bonds. The predicted octanol–water partition coefficient (Wildman–Crippen LogP) is 0.849. The molecule has 1 rings (SSSR count). The molecule has 5 nitrogen and oxygen atoms in total. The molecule has 1 aromatic carbocycles. The van der Waals surface area contributed by atoms with Gasteiger partial charge in [0.2, 0.25) is 10.0 Å². The Labute approximate surface area is 108 Å². The first-order valence-electron chi connectivity index (χ1n) is 5.90. The van der Waals surface area contributed by atoms with Crippen LogP contribution in [0.25, 0.3) is 0 Å². The molecule has 0 saturated heterocycles. The van der Waals surface area contributed by atoms with Gasteiger partial charge in [-0.05, 0) is 25.5 Å². The van der Waals surface area contributed by atoms with E-state index in [1.807, 2.05) is 13.8 Å². The number of sulfonamides is 1. The minimum Gasteiger partial charge on any atom is -0.377 e. The summed E-state index contributed by atoms with van der Waals surface area (Å²) in [5.41, 5.74) is 6.14. The topological polar surface area (TPSA) is 81.4 Å². The summed E-state index contributed by atoms with van der Waals surface area (Å²) < 4.78 is 32.0. The van der Waals surface area contributed by atoms with E-state index in [1.165, 1.54) is 0 Å². The Morgan fingerprint density at radius 1 is 1.39 bits per heavy atom. The van der Waals surface area contributed by atoms with Gasteiger partial charge in [0.05, 0.1) is 11.0 Å². The van der Waals surface area contributed by atoms with E-state index in [0.717, 1.165) is 0 Å². The summed E-state index contributed by atoms with van der Waals surface area (Å²) in [6.07, 6.45) is -0.158. The molecular weight excluding hydrogens is 252 g/mol. The summed E-state index contributed by atoms with van der Waals surface area (Å²) in [4.78, 5) is 0.233. The molecule has 0 aliphatic heterocycles. The molecule has 1 atom stereocenters. The molecule has 0 heterocycles. The highest BCUT2D eigenvalue weighted by Crippen LogP contribution is 2.14. The number of hydrogen-bond donors (Lipinski definition) is 2. The lowest BCUT2D eigenvalue weighted by molar-refractivity contribution is 0.0799. The van der Waals surface area contributed by atoms with Crippen LogP contribution >= 0.6 is 0 Å². The van der Waals surface area contributed by atoms with Crippen LogP contribution in [0.15, 0.2) is 29.2 Å². The van der Waals surface area contributed by atoms with E-state index in [9.17, 15) is 8.42 Å². The Morgan fingerprint density at radius 3 is 2.67 bits per heavy atom. The molecular formula is C12H20N2O3S. The molecule has 0 aromatic heterocycles. The van der Waals surface area contributed by atoms with Gasteiger partial charge in [-0.1, -0.05) is 18.2 Å². The molecule has 0 fully saturated rings. The van der Waals surface area contributed by atoms with Crippen molar-refractivity contribution in [3.8, 4) is 0 Å². The summed E-state index contributed by atoms with van der Waals surface area (Å²) in [7, 11) is -3.53. The standard InChI is InChI=1S/C12H20N2O3S/c1-3-17-10(2)9-14-18(15,16)12-7-5-4-6-11(12)8-13/h4-7,10,14H,3,8-9,13H2,1-2H3. The number of nitrogens with one attached hydrogen (secondary N) is 1. The Balaban J connectivity index is 2.80. The van der Waals surface area contributed by atoms with E-state index in [2.05, 4.69) is 4.72 Å². The van der Waals surface area contributed by atoms with Gasteiger partial charge in [-0.15, -0.1) is 0 Å². The first-order valence-corrected chi connectivity index (χ1v) is 7.38. The van der Waals surface area contributed by atoms with Crippen molar-refractivity contribution in [3.05, 3.63) is 29.8 Å². The third kappa shape index (κ3) is 4.06. The third-order valence-electron chi connectivity index (χ3n) is 2.49. The maximum Gasteiger partial charge on any atom is 0.240 e. The summed E-state index contributed by atoms with van der Waals surface area (Å²) in [5, 5.41) is 0. The van der Waals surface area contributed by atoms with Crippen molar-refractivity contribution in [1.82, 2.24) is 4.72 Å². The van der Waals surface area contributed by atoms with Gasteiger partial charge in [0.15, 0.2) is 0 Å². The van der Waals surface area contributed by atoms with E-state index in [-0.39, 0.29) is 24.1 Å². The number of nitrogens with two attached hydrogens (primary N) is 1. The number of rotatable bonds is 7. The largest absolute Gasteiger partial charge is 0.377 e. The van der Waals surface area contributed by atoms with E-state index in [1.54, 1.807) is 24.3 Å². The van der Waals surface area contributed by atoms with Crippen molar-refractivity contribution in [2.75, 3.05) is 13.2 Å². The van der Waals surface area contributed by atoms with Crippen molar-refractivity contribution in [2.24, 2.45) is 5.73 Å². The second-order valence-electron chi connectivity index (χ2n) is 3.93. The van der Waals surface area contributed by atoms with Gasteiger partial charge >= 0.3 is 0 Å². The van der Waals surface area contributed by atoms with E-state index < -0.39 is 10.0 Å². The number of ether oxygens (including phenoxy) is 1. The third-order valence-corrected chi connectivity index (χ3v) is 4.02. The van der Waals surface area contributed by atoms with E-state index in [0.29, 0.717) is 12.2 Å². The Bertz CT molecular complexity index is 474. The monoisotopic (exact) mass is 272 g/mol. The highest BCUT2D eigenvalue weighted by atomic mass is 32.2. The lowest BCUT2D eigenvalue weighted by Crippen LogP contribution is -2.32. The molecule has 0 aliphatic carbocycles. The van der Waals surface area contributed by atoms with Crippen LogP contribution in [0.4, 0.5) is 0 Å². The molecule has 1 unspecified atom stereocenters. The van der Waals surface area contributed by atoms with Gasteiger partial charge in [-0.3, -0.25) is 0 Å². The van der Waals surface area contributed by atoms with Gasteiger partial charge in [0.1, 0.15) is 0 Å². The second-order valence-corrected chi connectivity index (χ2v) is 5.67. The SMILES string of the molecule is CCOC(C)CNS(=O)(=O)c1ccccc1CN. The zero-order chi connectivity index (χ0) is 13.6. The Kier molecular flexibility index (Phi) is 5.74. The van der Waals surface area contributed by atoms with Gasteiger partial charge in [-0.25, -0.2) is 13.1 Å². The maximum absolute atomic E-state index is 12.1. The molecule has 0 spiro atoms. The molecule has 0 bridgehead atoms. The molecule has 102 valence electrons. The van der Waals surface area contributed by atoms with Crippen LogP contribution in [0.1, 0.15) is 19.4 Å². The molecule has 0 radical (unpaired) electrons. The van der Waals surface area contributed by atoms with Crippen LogP contribution in [-0.2, 0) is 21.3 Å². The van der Waals surface area contributed by atoms with Gasteiger partial charge in [-0.2, -0.15) is 0 Å². The summed E-state index contributed by atoms with van der Waals surface area (Å²) in [5.74, 6) is 0. The van der Waals surface area contributed by atoms with Crippen LogP contribution in [0.3, 0.4) is 0 Å². The van der Waals surface area contributed by atoms with Crippen molar-refractivity contribution in [1.29, 1.82) is 0 Å². The van der Waals surface area contributed by atoms with Crippen LogP contribution < -0.4 is 10.5 Å². The van der Waals surface area contributed by atoms with Gasteiger partial charge in [0, 0.05) is 19.7 Å². The Morgan fingerprint density at radius 2 is 2.06 bits per heavy atom. The fraction of sp³-hybridized carbons (Fsp3) is 0.500. The van der Waals surface area contributed by atoms with Crippen molar-refractivity contribution < 1.29 is 13.2 Å². The molecule has 18 heavy (non-hydrogen) atoms. The molecule has 1 aromatic rings. The minimum atomic E-state index is -3.53. The van der Waals surface area contributed by atoms with Gasteiger partial charge in [0.25, 0.3) is 0 Å². The van der Waals surface area contributed by atoms with Crippen molar-refractivity contribution in [2.45, 2.75) is 31.4 Å². The zero-order valence-electron chi connectivity index (χ0n) is 10.7. The minimum absolute atomic E-state index is 0.158. The molecule has 0 aliphatic rings. The van der Waals surface area contributed by atoms with Crippen LogP contribution in [-0.4, -0.2) is 27.7 Å². The van der Waals surface area contributed by atoms with Crippen LogP contribution in [0.5, 0.6) is 0 Å². The van der Waals surface area contributed by atoms with Crippen LogP contribution in [0, 0.1) is 0 Å². The lowest BCUT2D eigenvalue weighted by Gasteiger charge is -2.14. The summed E-state index contributed by atoms with van der Waals surface area (Å²) in [6, 6.07) is 6.71. The molecule has 0 saturated carbocycles. The van der Waals surface area contributed by atoms with Crippen LogP contribution in [0.2, 0.25) is 0 Å². The maximum atomic E-state index is 12.1. The fourth-order valence-electron chi connectivity index (χ4n) is 1.58. The van der Waals surface area contributed by atoms with Crippen molar-refractivity contribution in [3.63, 3.8) is 0 Å². The molecule has 3 N–H and O–H groups in total. The van der Waals surface area contributed by atoms with E-state index >= 15 is 0 Å². The average Bonchev–Trinajstić information content (AvgIpc) is 2.37. The normalized spacial score (nSPS) is 13.5. The predicted molar refractivity (Wildman–Crippen MR) is 70.6 cm³/mol. The first kappa shape index (κ1) is 15.1. The average molecular weight is 272 g/mol. The smallest absolute Gasteiger partial charge is 0.240 e. The lowest BCUT2D eigenvalue weighted by atomic mass is 10.2. The first-order chi connectivity index (χ1) is 8.51. The molecule has 6 heteroatoms. The van der Waals surface area contributed by atoms with Gasteiger partial charge < -0.3 is 10.5 Å². The number of hydrogen-bond acceptors (Lipinski definition) is 4. The number of benzene rings is 1. The zero-order valence-corrected chi connectivity index (χ0v) is 11.5. The Hall–Kier alpha value is -0.950. The van der Waals surface area contributed by atoms with Crippen molar-refractivity contribution >= 4 is 10.0 Å². The second kappa shape index (κ2) is 6.84. The van der Waals surface area contributed by atoms with E-state index in [4.69, 9.17) is 10.5 Å². The fourth-order valence-corrected chi connectivity index (χ4v) is 2.95. The quantitative estimate of drug-likeness (QED) is 0.771.